The second-order valence-electron chi connectivity index (χ2n) is 10.4. The van der Waals surface area contributed by atoms with Crippen molar-refractivity contribution in [3.63, 3.8) is 0 Å². The van der Waals surface area contributed by atoms with Crippen molar-refractivity contribution < 1.29 is 13.2 Å². The van der Waals surface area contributed by atoms with Gasteiger partial charge in [-0.3, -0.25) is 0 Å². The lowest BCUT2D eigenvalue weighted by molar-refractivity contribution is -0.137. The van der Waals surface area contributed by atoms with Crippen LogP contribution in [-0.4, -0.2) is 0 Å². The van der Waals surface area contributed by atoms with Gasteiger partial charge in [-0.05, 0) is 41.0 Å². The lowest BCUT2D eigenvalue weighted by atomic mass is 9.87. The highest BCUT2D eigenvalue weighted by molar-refractivity contribution is 6.34. The van der Waals surface area contributed by atoms with Crippen molar-refractivity contribution in [3.8, 4) is 28.4 Å². The fourth-order valence-corrected chi connectivity index (χ4v) is 6.29. The zero-order valence-corrected chi connectivity index (χ0v) is 22.7. The summed E-state index contributed by atoms with van der Waals surface area (Å²) in [4.78, 5) is 7.74. The van der Waals surface area contributed by atoms with Gasteiger partial charge in [-0.15, -0.1) is 4.95 Å². The van der Waals surface area contributed by atoms with Gasteiger partial charge in [-0.2, -0.15) is 30.0 Å². The van der Waals surface area contributed by atoms with Crippen LogP contribution in [0.15, 0.2) is 107 Å². The number of halogens is 3. The number of rotatable bonds is 2. The lowest BCUT2D eigenvalue weighted by Gasteiger charge is -2.15. The molecule has 0 aromatic heterocycles. The molecule has 0 saturated heterocycles. The van der Waals surface area contributed by atoms with Crippen LogP contribution in [0.2, 0.25) is 0 Å². The molecule has 0 fully saturated rings. The molecule has 7 heteroatoms. The lowest BCUT2D eigenvalue weighted by Crippen LogP contribution is -2.05. The van der Waals surface area contributed by atoms with E-state index in [1.807, 2.05) is 85.9 Å². The molecule has 43 heavy (non-hydrogen) atoms. The van der Waals surface area contributed by atoms with Crippen LogP contribution < -0.4 is 10.7 Å². The van der Waals surface area contributed by atoms with Crippen molar-refractivity contribution in [1.82, 2.24) is 0 Å². The van der Waals surface area contributed by atoms with E-state index in [0.29, 0.717) is 27.2 Å². The number of fused-ring (bicyclic) bond motifs is 6. The molecule has 0 saturated carbocycles. The van der Waals surface area contributed by atoms with E-state index in [2.05, 4.69) is 15.0 Å². The topological polar surface area (TPSA) is 52.9 Å². The van der Waals surface area contributed by atoms with Crippen LogP contribution in [0.3, 0.4) is 0 Å². The third-order valence-corrected chi connectivity index (χ3v) is 8.03. The predicted molar refractivity (Wildman–Crippen MR) is 163 cm³/mol. The van der Waals surface area contributed by atoms with Crippen LogP contribution >= 0.6 is 0 Å². The summed E-state index contributed by atoms with van der Waals surface area (Å²) >= 11 is 0. The van der Waals surface area contributed by atoms with E-state index in [1.165, 1.54) is 12.1 Å². The molecule has 7 aromatic carbocycles. The van der Waals surface area contributed by atoms with Gasteiger partial charge in [-0.25, -0.2) is 0 Å². The highest BCUT2D eigenvalue weighted by atomic mass is 19.4. The van der Waals surface area contributed by atoms with Gasteiger partial charge in [0.05, 0.1) is 16.0 Å². The summed E-state index contributed by atoms with van der Waals surface area (Å²) in [5.74, 6) is 0. The van der Waals surface area contributed by atoms with Crippen LogP contribution in [0.1, 0.15) is 11.1 Å². The number of nitriles is 1. The Morgan fingerprint density at radius 2 is 1.12 bits per heavy atom. The van der Waals surface area contributed by atoms with Crippen molar-refractivity contribution in [2.45, 2.75) is 13.1 Å². The molecule has 0 aliphatic heterocycles. The van der Waals surface area contributed by atoms with Crippen molar-refractivity contribution in [2.24, 2.45) is 10.1 Å². The Morgan fingerprint density at radius 3 is 1.60 bits per heavy atom. The minimum Gasteiger partial charge on any atom is -0.181 e. The molecule has 0 spiro atoms. The van der Waals surface area contributed by atoms with Crippen molar-refractivity contribution in [2.75, 3.05) is 0 Å². The summed E-state index contributed by atoms with van der Waals surface area (Å²) in [6.45, 7) is 9.68. The maximum absolute atomic E-state index is 13.6. The van der Waals surface area contributed by atoms with Gasteiger partial charge in [0.2, 0.25) is 6.19 Å². The predicted octanol–water partition coefficient (Wildman–Crippen LogP) is 8.95. The molecule has 0 aliphatic rings. The summed E-state index contributed by atoms with van der Waals surface area (Å²) in [6.07, 6.45) is -2.52. The van der Waals surface area contributed by atoms with Crippen molar-refractivity contribution in [1.29, 1.82) is 5.26 Å². The fraction of sp³-hybridized carbons (Fsp3) is 0.0556. The minimum atomic E-state index is -4.50. The molecule has 7 rings (SSSR count). The summed E-state index contributed by atoms with van der Waals surface area (Å²) in [6, 6.07) is 28.4. The van der Waals surface area contributed by atoms with E-state index in [0.717, 1.165) is 66.5 Å². The molecular formula is C36H19F3N4. The normalized spacial score (nSPS) is 12.9. The Balaban J connectivity index is 1.87. The first-order chi connectivity index (χ1) is 20.8. The van der Waals surface area contributed by atoms with Crippen LogP contribution in [0, 0.1) is 25.0 Å². The molecule has 7 aromatic rings. The Morgan fingerprint density at radius 1 is 0.651 bits per heavy atom. The van der Waals surface area contributed by atoms with Crippen LogP contribution in [0.5, 0.6) is 0 Å². The number of hydrogen-bond donors (Lipinski definition) is 0. The van der Waals surface area contributed by atoms with Gasteiger partial charge in [0.15, 0.2) is 5.36 Å². The first-order valence-electron chi connectivity index (χ1n) is 13.4. The molecule has 0 amide bonds. The molecule has 0 N–H and O–H groups in total. The number of aryl methyl sites for hydroxylation is 1. The Kier molecular flexibility index (Phi) is 5.86. The fourth-order valence-electron chi connectivity index (χ4n) is 6.29. The minimum absolute atomic E-state index is 0.454. The van der Waals surface area contributed by atoms with E-state index in [1.54, 1.807) is 0 Å². The molecule has 0 heterocycles. The number of nitrogens with zero attached hydrogens (tertiary/aromatic N) is 4. The quantitative estimate of drug-likeness (QED) is 0.117. The van der Waals surface area contributed by atoms with E-state index in [9.17, 15) is 18.4 Å². The number of hydrogen-bond acceptors (Lipinski definition) is 3. The molecule has 0 bridgehead atoms. The van der Waals surface area contributed by atoms with Gasteiger partial charge in [0.1, 0.15) is 0 Å². The van der Waals surface area contributed by atoms with E-state index < -0.39 is 11.7 Å². The molecular weight excluding hydrogens is 545 g/mol. The van der Waals surface area contributed by atoms with E-state index >= 15 is 0 Å². The third-order valence-electron chi connectivity index (χ3n) is 8.03. The summed E-state index contributed by atoms with van der Waals surface area (Å²) < 4.78 is 40.8. The summed E-state index contributed by atoms with van der Waals surface area (Å²) in [7, 11) is 0. The second kappa shape index (κ2) is 9.65. The zero-order valence-electron chi connectivity index (χ0n) is 22.7. The molecule has 0 unspecified atom stereocenters. The smallest absolute Gasteiger partial charge is 0.181 e. The Hall–Kier alpha value is -5.79. The average molecular weight is 565 g/mol. The Bertz CT molecular complexity index is 2440. The second-order valence-corrected chi connectivity index (χ2v) is 10.4. The zero-order chi connectivity index (χ0) is 29.9. The first-order valence-corrected chi connectivity index (χ1v) is 13.4. The van der Waals surface area contributed by atoms with Crippen molar-refractivity contribution in [3.05, 3.63) is 130 Å². The summed E-state index contributed by atoms with van der Waals surface area (Å²) in [5.41, 5.74) is 3.20. The largest absolute Gasteiger partial charge is 0.416 e. The van der Waals surface area contributed by atoms with Crippen LogP contribution in [-0.2, 0) is 6.18 Å². The highest BCUT2D eigenvalue weighted by Gasteiger charge is 2.31. The van der Waals surface area contributed by atoms with Crippen LogP contribution in [0.25, 0.3) is 70.3 Å². The van der Waals surface area contributed by atoms with Crippen molar-refractivity contribution >= 4 is 43.1 Å². The maximum Gasteiger partial charge on any atom is 0.416 e. The van der Waals surface area contributed by atoms with Gasteiger partial charge in [-0.1, -0.05) is 90.5 Å². The molecule has 4 nitrogen and oxygen atoms in total. The molecule has 0 aliphatic carbocycles. The SMILES string of the molecule is [C-]#[N+]/N=c1\c2ccccc2c2c(-c3ccc(C)cc3)c3/c(=N/C#N)c4ccccc4c3c(-c3ccc(C(F)(F)F)cc3)c12. The van der Waals surface area contributed by atoms with Gasteiger partial charge in [0, 0.05) is 43.4 Å². The standard InChI is InChI=1S/C36H19F3N4/c1-20-11-13-21(14-12-20)28-31-25-8-4-6-10-27(25)35(43-41-2)33(31)29(22-15-17-23(18-16-22)36(37,38)39)30-24-7-3-5-9-26(24)34(32(28)30)42-19-40/h3-18H,1H3/b42-34+,43-35+. The average Bonchev–Trinajstić information content (AvgIpc) is 3.50. The Labute approximate surface area is 243 Å². The number of alkyl halides is 3. The monoisotopic (exact) mass is 564 g/mol. The third kappa shape index (κ3) is 3.90. The maximum atomic E-state index is 13.6. The van der Waals surface area contributed by atoms with Gasteiger partial charge in [0.25, 0.3) is 0 Å². The molecule has 0 radical (unpaired) electrons. The first kappa shape index (κ1) is 26.1. The highest BCUT2D eigenvalue weighted by Crippen LogP contribution is 2.47. The number of benzene rings is 5. The van der Waals surface area contributed by atoms with Gasteiger partial charge < -0.3 is 0 Å². The van der Waals surface area contributed by atoms with E-state index in [-0.39, 0.29) is 0 Å². The van der Waals surface area contributed by atoms with Crippen LogP contribution in [0.4, 0.5) is 13.2 Å². The molecule has 0 atom stereocenters. The molecule has 204 valence electrons. The summed E-state index contributed by atoms with van der Waals surface area (Å²) in [5, 5.41) is 21.1. The van der Waals surface area contributed by atoms with Gasteiger partial charge >= 0.3 is 6.18 Å². The van der Waals surface area contributed by atoms with E-state index in [4.69, 9.17) is 6.57 Å².